The number of hydrogen-bond acceptors (Lipinski definition) is 4. The topological polar surface area (TPSA) is 67.2 Å². The Balaban J connectivity index is 1.79. The number of aromatic nitrogens is 1. The summed E-state index contributed by atoms with van der Waals surface area (Å²) >= 11 is 0. The first-order valence-corrected chi connectivity index (χ1v) is 6.96. The zero-order valence-corrected chi connectivity index (χ0v) is 11.8. The fourth-order valence-electron chi connectivity index (χ4n) is 2.65. The van der Waals surface area contributed by atoms with Gasteiger partial charge in [-0.05, 0) is 44.5 Å². The number of nitrogens with zero attached hydrogens (tertiary/aromatic N) is 1. The molecule has 1 saturated heterocycles. The second-order valence-electron chi connectivity index (χ2n) is 5.71. The summed E-state index contributed by atoms with van der Waals surface area (Å²) in [5.41, 5.74) is 1.94. The zero-order valence-electron chi connectivity index (χ0n) is 11.8. The lowest BCUT2D eigenvalue weighted by Crippen LogP contribution is -2.46. The number of piperidine rings is 1. The molecule has 0 radical (unpaired) electrons. The highest BCUT2D eigenvalue weighted by atomic mass is 16.3. The van der Waals surface area contributed by atoms with E-state index in [0.29, 0.717) is 5.89 Å². The molecule has 1 atom stereocenters. The Morgan fingerprint density at radius 1 is 1.50 bits per heavy atom. The van der Waals surface area contributed by atoms with Crippen LogP contribution in [0.2, 0.25) is 0 Å². The molecule has 1 aliphatic rings. The van der Waals surface area contributed by atoms with E-state index in [2.05, 4.69) is 15.6 Å². The van der Waals surface area contributed by atoms with Crippen molar-refractivity contribution in [2.45, 2.75) is 26.7 Å². The third-order valence-electron chi connectivity index (χ3n) is 3.90. The van der Waals surface area contributed by atoms with Crippen molar-refractivity contribution in [3.05, 3.63) is 24.1 Å². The van der Waals surface area contributed by atoms with Gasteiger partial charge in [0.15, 0.2) is 11.5 Å². The fourth-order valence-corrected chi connectivity index (χ4v) is 2.65. The lowest BCUT2D eigenvalue weighted by Gasteiger charge is -2.32. The molecule has 2 aromatic rings. The van der Waals surface area contributed by atoms with Crippen LogP contribution in [-0.2, 0) is 4.79 Å². The first-order chi connectivity index (χ1) is 9.57. The van der Waals surface area contributed by atoms with Crippen LogP contribution in [-0.4, -0.2) is 24.0 Å². The van der Waals surface area contributed by atoms with Crippen LogP contribution in [0, 0.1) is 12.3 Å². The van der Waals surface area contributed by atoms with Crippen LogP contribution in [0.5, 0.6) is 0 Å². The van der Waals surface area contributed by atoms with E-state index < -0.39 is 0 Å². The van der Waals surface area contributed by atoms with E-state index in [4.69, 9.17) is 4.42 Å². The van der Waals surface area contributed by atoms with Crippen LogP contribution in [0.3, 0.4) is 0 Å². The number of aryl methyl sites for hydroxylation is 1. The number of amides is 1. The minimum absolute atomic E-state index is 0.0595. The standard InChI is InChI=1S/C15H19N3O2/c1-10-17-12-8-11(4-5-13(12)20-10)18-14(19)15(2)6-3-7-16-9-15/h4-5,8,16H,3,6-7,9H2,1-2H3,(H,18,19). The number of anilines is 1. The largest absolute Gasteiger partial charge is 0.441 e. The number of fused-ring (bicyclic) bond motifs is 1. The predicted octanol–water partition coefficient (Wildman–Crippen LogP) is 2.46. The monoisotopic (exact) mass is 273 g/mol. The molecular weight excluding hydrogens is 254 g/mol. The maximum atomic E-state index is 12.4. The quantitative estimate of drug-likeness (QED) is 0.882. The molecule has 1 fully saturated rings. The van der Waals surface area contributed by atoms with Crippen LogP contribution in [0.15, 0.2) is 22.6 Å². The Morgan fingerprint density at radius 2 is 2.35 bits per heavy atom. The third-order valence-corrected chi connectivity index (χ3v) is 3.90. The number of carbonyl (C=O) groups is 1. The Morgan fingerprint density at radius 3 is 3.10 bits per heavy atom. The molecule has 2 N–H and O–H groups in total. The van der Waals surface area contributed by atoms with E-state index >= 15 is 0 Å². The van der Waals surface area contributed by atoms with E-state index in [1.807, 2.05) is 32.0 Å². The molecule has 5 nitrogen and oxygen atoms in total. The van der Waals surface area contributed by atoms with E-state index in [1.54, 1.807) is 0 Å². The number of hydrogen-bond donors (Lipinski definition) is 2. The van der Waals surface area contributed by atoms with Gasteiger partial charge in [-0.3, -0.25) is 4.79 Å². The molecule has 2 heterocycles. The van der Waals surface area contributed by atoms with Gasteiger partial charge in [0.2, 0.25) is 5.91 Å². The number of benzene rings is 1. The van der Waals surface area contributed by atoms with Gasteiger partial charge in [-0.1, -0.05) is 0 Å². The molecule has 1 aliphatic heterocycles. The van der Waals surface area contributed by atoms with Gasteiger partial charge in [-0.2, -0.15) is 0 Å². The Hall–Kier alpha value is -1.88. The minimum Gasteiger partial charge on any atom is -0.441 e. The molecule has 0 spiro atoms. The van der Waals surface area contributed by atoms with Crippen LogP contribution in [0.4, 0.5) is 5.69 Å². The van der Waals surface area contributed by atoms with Gasteiger partial charge >= 0.3 is 0 Å². The molecule has 1 aromatic heterocycles. The molecule has 1 unspecified atom stereocenters. The average Bonchev–Trinajstić information content (AvgIpc) is 2.79. The normalized spacial score (nSPS) is 22.9. The number of oxazole rings is 1. The van der Waals surface area contributed by atoms with Crippen LogP contribution in [0.25, 0.3) is 11.1 Å². The summed E-state index contributed by atoms with van der Waals surface area (Å²) in [6.45, 7) is 5.54. The number of nitrogens with one attached hydrogen (secondary N) is 2. The lowest BCUT2D eigenvalue weighted by atomic mass is 9.82. The summed E-state index contributed by atoms with van der Waals surface area (Å²) in [6.07, 6.45) is 1.95. The number of rotatable bonds is 2. The second kappa shape index (κ2) is 4.90. The highest BCUT2D eigenvalue weighted by molar-refractivity contribution is 5.96. The molecule has 3 rings (SSSR count). The molecule has 106 valence electrons. The van der Waals surface area contributed by atoms with Crippen molar-refractivity contribution in [3.63, 3.8) is 0 Å². The van der Waals surface area contributed by atoms with E-state index in [-0.39, 0.29) is 11.3 Å². The Labute approximate surface area is 117 Å². The predicted molar refractivity (Wildman–Crippen MR) is 77.6 cm³/mol. The van der Waals surface area contributed by atoms with E-state index in [1.165, 1.54) is 0 Å². The van der Waals surface area contributed by atoms with Gasteiger partial charge in [0.1, 0.15) is 5.52 Å². The summed E-state index contributed by atoms with van der Waals surface area (Å²) in [5, 5.41) is 6.28. The minimum atomic E-state index is -0.340. The van der Waals surface area contributed by atoms with Gasteiger partial charge in [0.05, 0.1) is 5.41 Å². The summed E-state index contributed by atoms with van der Waals surface area (Å²) in [4.78, 5) is 16.7. The van der Waals surface area contributed by atoms with Gasteiger partial charge < -0.3 is 15.1 Å². The smallest absolute Gasteiger partial charge is 0.231 e. The van der Waals surface area contributed by atoms with Crippen LogP contribution < -0.4 is 10.6 Å². The van der Waals surface area contributed by atoms with E-state index in [0.717, 1.165) is 42.7 Å². The second-order valence-corrected chi connectivity index (χ2v) is 5.71. The van der Waals surface area contributed by atoms with Gasteiger partial charge in [0, 0.05) is 19.2 Å². The van der Waals surface area contributed by atoms with Gasteiger partial charge in [-0.25, -0.2) is 4.98 Å². The molecule has 1 amide bonds. The third kappa shape index (κ3) is 2.41. The fraction of sp³-hybridized carbons (Fsp3) is 0.467. The van der Waals surface area contributed by atoms with Crippen molar-refractivity contribution in [2.24, 2.45) is 5.41 Å². The highest BCUT2D eigenvalue weighted by Crippen LogP contribution is 2.28. The molecule has 20 heavy (non-hydrogen) atoms. The molecular formula is C15H19N3O2. The summed E-state index contributed by atoms with van der Waals surface area (Å²) in [5.74, 6) is 0.691. The highest BCUT2D eigenvalue weighted by Gasteiger charge is 2.34. The van der Waals surface area contributed by atoms with Crippen molar-refractivity contribution in [3.8, 4) is 0 Å². The molecule has 0 aliphatic carbocycles. The number of carbonyl (C=O) groups excluding carboxylic acids is 1. The summed E-state index contributed by atoms with van der Waals surface area (Å²) in [7, 11) is 0. The molecule has 0 saturated carbocycles. The maximum Gasteiger partial charge on any atom is 0.231 e. The van der Waals surface area contributed by atoms with Crippen molar-refractivity contribution < 1.29 is 9.21 Å². The average molecular weight is 273 g/mol. The van der Waals surface area contributed by atoms with Crippen molar-refractivity contribution in [1.29, 1.82) is 0 Å². The first kappa shape index (κ1) is 13.1. The molecule has 1 aromatic carbocycles. The van der Waals surface area contributed by atoms with Gasteiger partial charge in [0.25, 0.3) is 0 Å². The summed E-state index contributed by atoms with van der Waals surface area (Å²) in [6, 6.07) is 5.54. The van der Waals surface area contributed by atoms with Crippen LogP contribution >= 0.6 is 0 Å². The molecule has 5 heteroatoms. The lowest BCUT2D eigenvalue weighted by molar-refractivity contribution is -0.125. The zero-order chi connectivity index (χ0) is 14.2. The van der Waals surface area contributed by atoms with Crippen LogP contribution in [0.1, 0.15) is 25.7 Å². The first-order valence-electron chi connectivity index (χ1n) is 6.96. The maximum absolute atomic E-state index is 12.4. The Bertz CT molecular complexity index is 642. The van der Waals surface area contributed by atoms with Crippen molar-refractivity contribution in [1.82, 2.24) is 10.3 Å². The SMILES string of the molecule is Cc1nc2cc(NC(=O)C3(C)CCCNC3)ccc2o1. The van der Waals surface area contributed by atoms with Crippen molar-refractivity contribution in [2.75, 3.05) is 18.4 Å². The van der Waals surface area contributed by atoms with E-state index in [9.17, 15) is 4.79 Å². The Kier molecular flexibility index (Phi) is 3.22. The van der Waals surface area contributed by atoms with Crippen molar-refractivity contribution >= 4 is 22.7 Å². The van der Waals surface area contributed by atoms with Gasteiger partial charge in [-0.15, -0.1) is 0 Å². The summed E-state index contributed by atoms with van der Waals surface area (Å²) < 4.78 is 5.43. The molecule has 0 bridgehead atoms.